The molecule has 0 heterocycles. The lowest BCUT2D eigenvalue weighted by Gasteiger charge is -2.40. The monoisotopic (exact) mass is 238 g/mol. The van der Waals surface area contributed by atoms with Gasteiger partial charge in [-0.2, -0.15) is 0 Å². The Hall–Kier alpha value is -0.730. The number of hydrogen-bond donors (Lipinski definition) is 5. The molecule has 96 valence electrons. The molecule has 0 aromatic heterocycles. The van der Waals surface area contributed by atoms with Crippen LogP contribution in [0.1, 0.15) is 6.92 Å². The van der Waals surface area contributed by atoms with Crippen molar-refractivity contribution in [1.29, 1.82) is 0 Å². The van der Waals surface area contributed by atoms with E-state index in [-0.39, 0.29) is 6.61 Å². The summed E-state index contributed by atoms with van der Waals surface area (Å²) in [6, 6.07) is 0. The van der Waals surface area contributed by atoms with Gasteiger partial charge in [-0.25, -0.2) is 0 Å². The van der Waals surface area contributed by atoms with Crippen LogP contribution in [0.25, 0.3) is 0 Å². The normalized spacial score (nSPS) is 12.6. The molecule has 0 spiro atoms. The first kappa shape index (κ1) is 15.3. The lowest BCUT2D eigenvalue weighted by Crippen LogP contribution is -2.62. The van der Waals surface area contributed by atoms with Gasteiger partial charge in [-0.05, 0) is 6.92 Å². The largest absolute Gasteiger partial charge is 0.465 e. The summed E-state index contributed by atoms with van der Waals surface area (Å²) in [5.41, 5.74) is -4.49. The van der Waals surface area contributed by atoms with E-state index in [1.54, 1.807) is 0 Å². The highest BCUT2D eigenvalue weighted by molar-refractivity contribution is 5.79. The van der Waals surface area contributed by atoms with E-state index in [2.05, 4.69) is 4.74 Å². The predicted molar refractivity (Wildman–Crippen MR) is 52.4 cm³/mol. The van der Waals surface area contributed by atoms with Gasteiger partial charge in [-0.1, -0.05) is 0 Å². The molecule has 5 N–H and O–H groups in total. The van der Waals surface area contributed by atoms with Gasteiger partial charge in [-0.15, -0.1) is 0 Å². The van der Waals surface area contributed by atoms with E-state index in [1.807, 2.05) is 0 Å². The Labute approximate surface area is 92.9 Å². The Balaban J connectivity index is 5.30. The molecule has 0 atom stereocenters. The third-order valence-electron chi connectivity index (χ3n) is 2.62. The number of hydrogen-bond acceptors (Lipinski definition) is 7. The van der Waals surface area contributed by atoms with E-state index in [0.29, 0.717) is 0 Å². The van der Waals surface area contributed by atoms with E-state index in [4.69, 9.17) is 20.4 Å². The smallest absolute Gasteiger partial charge is 0.319 e. The molecule has 0 amide bonds. The maximum absolute atomic E-state index is 11.6. The first-order valence-corrected chi connectivity index (χ1v) is 4.81. The molecule has 0 aliphatic carbocycles. The minimum absolute atomic E-state index is 0.0203. The first-order valence-electron chi connectivity index (χ1n) is 4.81. The molecule has 16 heavy (non-hydrogen) atoms. The molecule has 0 aliphatic heterocycles. The highest BCUT2D eigenvalue weighted by Crippen LogP contribution is 2.32. The van der Waals surface area contributed by atoms with Crippen molar-refractivity contribution in [3.8, 4) is 0 Å². The molecule has 0 aromatic carbocycles. The fraction of sp³-hybridized carbons (Fsp3) is 0.889. The van der Waals surface area contributed by atoms with Crippen LogP contribution >= 0.6 is 0 Å². The molecule has 0 aliphatic rings. The van der Waals surface area contributed by atoms with E-state index < -0.39 is 43.4 Å². The van der Waals surface area contributed by atoms with Gasteiger partial charge in [-0.3, -0.25) is 4.79 Å². The third-order valence-corrected chi connectivity index (χ3v) is 2.62. The average molecular weight is 238 g/mol. The van der Waals surface area contributed by atoms with Crippen molar-refractivity contribution in [2.24, 2.45) is 5.41 Å². The fourth-order valence-electron chi connectivity index (χ4n) is 1.29. The van der Waals surface area contributed by atoms with Gasteiger partial charge in [0, 0.05) is 0 Å². The van der Waals surface area contributed by atoms with Crippen LogP contribution < -0.4 is 0 Å². The molecular weight excluding hydrogens is 220 g/mol. The summed E-state index contributed by atoms with van der Waals surface area (Å²) in [6.07, 6.45) is 0. The SMILES string of the molecule is CCOC(=O)C(CO)(CO)C(O)(CO)CO. The second-order valence-electron chi connectivity index (χ2n) is 3.47. The summed E-state index contributed by atoms with van der Waals surface area (Å²) in [6.45, 7) is -2.42. The van der Waals surface area contributed by atoms with E-state index in [1.165, 1.54) is 6.92 Å². The second kappa shape index (κ2) is 6.12. The molecule has 0 saturated carbocycles. The molecule has 0 bridgehead atoms. The van der Waals surface area contributed by atoms with Crippen molar-refractivity contribution in [1.82, 2.24) is 0 Å². The zero-order chi connectivity index (χ0) is 12.8. The Morgan fingerprint density at radius 1 is 1.06 bits per heavy atom. The summed E-state index contributed by atoms with van der Waals surface area (Å²) < 4.78 is 4.60. The number of esters is 1. The predicted octanol–water partition coefficient (Wildman–Crippen LogP) is -2.76. The van der Waals surface area contributed by atoms with Crippen LogP contribution in [-0.4, -0.2) is 70.1 Å². The molecule has 7 heteroatoms. The topological polar surface area (TPSA) is 127 Å². The summed E-state index contributed by atoms with van der Waals surface area (Å²) in [7, 11) is 0. The van der Waals surface area contributed by atoms with Crippen LogP contribution in [0.4, 0.5) is 0 Å². The Bertz CT molecular complexity index is 220. The van der Waals surface area contributed by atoms with Crippen molar-refractivity contribution in [3.05, 3.63) is 0 Å². The van der Waals surface area contributed by atoms with Gasteiger partial charge < -0.3 is 30.3 Å². The minimum atomic E-state index is -2.34. The van der Waals surface area contributed by atoms with Gasteiger partial charge in [0.15, 0.2) is 0 Å². The molecule has 0 rings (SSSR count). The van der Waals surface area contributed by atoms with E-state index in [9.17, 15) is 9.90 Å². The van der Waals surface area contributed by atoms with Gasteiger partial charge in [0.2, 0.25) is 0 Å². The van der Waals surface area contributed by atoms with Crippen LogP contribution in [0.3, 0.4) is 0 Å². The molecule has 0 fully saturated rings. The fourth-order valence-corrected chi connectivity index (χ4v) is 1.29. The summed E-state index contributed by atoms with van der Waals surface area (Å²) >= 11 is 0. The lowest BCUT2D eigenvalue weighted by molar-refractivity contribution is -0.205. The third kappa shape index (κ3) is 2.33. The van der Waals surface area contributed by atoms with E-state index >= 15 is 0 Å². The number of rotatable bonds is 7. The van der Waals surface area contributed by atoms with Gasteiger partial charge >= 0.3 is 5.97 Å². The standard InChI is InChI=1S/C9H18O7/c1-2-16-7(14)8(3-10,4-11)9(15,5-12)6-13/h10-13,15H,2-6H2,1H3. The number of aliphatic hydroxyl groups is 5. The maximum Gasteiger partial charge on any atom is 0.319 e. The van der Waals surface area contributed by atoms with Gasteiger partial charge in [0.1, 0.15) is 11.0 Å². The summed E-state index contributed by atoms with van der Waals surface area (Å²) in [5.74, 6) is -1.08. The summed E-state index contributed by atoms with van der Waals surface area (Å²) in [5, 5.41) is 46.0. The van der Waals surface area contributed by atoms with Crippen molar-refractivity contribution < 1.29 is 35.1 Å². The Kier molecular flexibility index (Phi) is 5.84. The molecule has 0 unspecified atom stereocenters. The maximum atomic E-state index is 11.6. The van der Waals surface area contributed by atoms with E-state index in [0.717, 1.165) is 0 Å². The van der Waals surface area contributed by atoms with Crippen LogP contribution in [-0.2, 0) is 9.53 Å². The van der Waals surface area contributed by atoms with Crippen molar-refractivity contribution >= 4 is 5.97 Å². The first-order chi connectivity index (χ1) is 7.47. The molecule has 0 saturated heterocycles. The van der Waals surface area contributed by atoms with Gasteiger partial charge in [0.05, 0.1) is 33.0 Å². The zero-order valence-electron chi connectivity index (χ0n) is 9.09. The van der Waals surface area contributed by atoms with Crippen molar-refractivity contribution in [2.75, 3.05) is 33.0 Å². The van der Waals surface area contributed by atoms with Crippen molar-refractivity contribution in [2.45, 2.75) is 12.5 Å². The van der Waals surface area contributed by atoms with Gasteiger partial charge in [0.25, 0.3) is 0 Å². The average Bonchev–Trinajstić information content (AvgIpc) is 2.31. The Morgan fingerprint density at radius 2 is 1.50 bits per heavy atom. The number of carbonyl (C=O) groups excluding carboxylic acids is 1. The molecule has 0 radical (unpaired) electrons. The quantitative estimate of drug-likeness (QED) is 0.304. The highest BCUT2D eigenvalue weighted by atomic mass is 16.5. The van der Waals surface area contributed by atoms with Crippen molar-refractivity contribution in [3.63, 3.8) is 0 Å². The molecule has 7 nitrogen and oxygen atoms in total. The van der Waals surface area contributed by atoms with Crippen LogP contribution in [0.5, 0.6) is 0 Å². The minimum Gasteiger partial charge on any atom is -0.465 e. The lowest BCUT2D eigenvalue weighted by atomic mass is 9.73. The Morgan fingerprint density at radius 3 is 1.75 bits per heavy atom. The zero-order valence-corrected chi connectivity index (χ0v) is 9.09. The highest BCUT2D eigenvalue weighted by Gasteiger charge is 2.56. The molecule has 0 aromatic rings. The number of carbonyl (C=O) groups is 1. The van der Waals surface area contributed by atoms with Crippen LogP contribution in [0.15, 0.2) is 0 Å². The number of ether oxygens (including phenoxy) is 1. The van der Waals surface area contributed by atoms with Crippen LogP contribution in [0.2, 0.25) is 0 Å². The second-order valence-corrected chi connectivity index (χ2v) is 3.47. The summed E-state index contributed by atoms with van der Waals surface area (Å²) in [4.78, 5) is 11.6. The van der Waals surface area contributed by atoms with Crippen LogP contribution in [0, 0.1) is 5.41 Å². The molecular formula is C9H18O7. The number of aliphatic hydroxyl groups excluding tert-OH is 4.